The van der Waals surface area contributed by atoms with Gasteiger partial charge in [-0.3, -0.25) is 4.79 Å². The van der Waals surface area contributed by atoms with Crippen LogP contribution in [0.1, 0.15) is 20.1 Å². The summed E-state index contributed by atoms with van der Waals surface area (Å²) in [7, 11) is -3.60. The molecule has 0 unspecified atom stereocenters. The van der Waals surface area contributed by atoms with Gasteiger partial charge in [0, 0.05) is 28.1 Å². The Bertz CT molecular complexity index is 938. The first kappa shape index (κ1) is 17.6. The number of amidine groups is 1. The van der Waals surface area contributed by atoms with E-state index in [9.17, 15) is 18.0 Å². The third-order valence-corrected chi connectivity index (χ3v) is 5.87. The van der Waals surface area contributed by atoms with Crippen LogP contribution in [0.15, 0.2) is 34.4 Å². The Morgan fingerprint density at radius 1 is 1.36 bits per heavy atom. The molecule has 0 amide bonds. The van der Waals surface area contributed by atoms with Gasteiger partial charge in [0.1, 0.15) is 5.57 Å². The molecule has 9 heteroatoms. The van der Waals surface area contributed by atoms with E-state index in [1.165, 1.54) is 17.4 Å². The zero-order valence-corrected chi connectivity index (χ0v) is 15.3. The van der Waals surface area contributed by atoms with Crippen molar-refractivity contribution in [3.63, 3.8) is 0 Å². The standard InChI is InChI=1S/C16H16N2O5S2/c1-10-8-13(11(2)24-10)14(19)9-23-16(20)12-4-3-5-18-6-7-25(21,22)17-15(12)18/h3-5,8H,6-7,9H2,1-2H3. The van der Waals surface area contributed by atoms with E-state index in [4.69, 9.17) is 4.74 Å². The smallest absolute Gasteiger partial charge is 0.342 e. The van der Waals surface area contributed by atoms with Gasteiger partial charge in [0.2, 0.25) is 5.78 Å². The SMILES string of the molecule is Cc1cc(C(=O)COC(=O)C2=CC=CN3CCS(=O)(=O)N=C23)c(C)s1. The Hall–Kier alpha value is -2.26. The summed E-state index contributed by atoms with van der Waals surface area (Å²) in [5, 5.41) is 0. The molecule has 3 heterocycles. The number of carbonyl (C=O) groups is 2. The van der Waals surface area contributed by atoms with Gasteiger partial charge in [-0.25, -0.2) is 13.2 Å². The van der Waals surface area contributed by atoms with Gasteiger partial charge in [-0.15, -0.1) is 15.7 Å². The number of sulfonamides is 1. The zero-order chi connectivity index (χ0) is 18.2. The van der Waals surface area contributed by atoms with Crippen molar-refractivity contribution < 1.29 is 22.7 Å². The minimum Gasteiger partial charge on any atom is -0.454 e. The number of thiophene rings is 1. The number of carbonyl (C=O) groups excluding carboxylic acids is 2. The van der Waals surface area contributed by atoms with Gasteiger partial charge in [0.05, 0.1) is 5.75 Å². The van der Waals surface area contributed by atoms with Gasteiger partial charge < -0.3 is 9.64 Å². The highest BCUT2D eigenvalue weighted by atomic mass is 32.2. The fourth-order valence-corrected chi connectivity index (χ4v) is 4.50. The van der Waals surface area contributed by atoms with Crippen molar-refractivity contribution in [1.29, 1.82) is 0 Å². The van der Waals surface area contributed by atoms with Crippen LogP contribution in [0.25, 0.3) is 0 Å². The van der Waals surface area contributed by atoms with Gasteiger partial charge in [-0.2, -0.15) is 0 Å². The highest BCUT2D eigenvalue weighted by molar-refractivity contribution is 7.90. The van der Waals surface area contributed by atoms with Crippen LogP contribution in [-0.2, 0) is 19.6 Å². The fourth-order valence-electron chi connectivity index (χ4n) is 2.57. The lowest BCUT2D eigenvalue weighted by atomic mass is 10.1. The largest absolute Gasteiger partial charge is 0.454 e. The molecule has 0 bridgehead atoms. The molecule has 2 aliphatic rings. The van der Waals surface area contributed by atoms with E-state index in [0.717, 1.165) is 9.75 Å². The maximum absolute atomic E-state index is 12.3. The zero-order valence-electron chi connectivity index (χ0n) is 13.7. The number of ketones is 1. The number of nitrogens with zero attached hydrogens (tertiary/aromatic N) is 2. The van der Waals surface area contributed by atoms with Crippen LogP contribution < -0.4 is 0 Å². The molecule has 0 radical (unpaired) electrons. The molecule has 0 spiro atoms. The summed E-state index contributed by atoms with van der Waals surface area (Å²) >= 11 is 1.50. The summed E-state index contributed by atoms with van der Waals surface area (Å²) in [6.45, 7) is 3.54. The number of Topliss-reactive ketones (excluding diaryl/α,β-unsaturated/α-hetero) is 1. The van der Waals surface area contributed by atoms with Crippen molar-refractivity contribution in [3.8, 4) is 0 Å². The first-order chi connectivity index (χ1) is 11.8. The van der Waals surface area contributed by atoms with Gasteiger partial charge in [0.25, 0.3) is 10.0 Å². The highest BCUT2D eigenvalue weighted by Crippen LogP contribution is 2.22. The average molecular weight is 380 g/mol. The monoisotopic (exact) mass is 380 g/mol. The van der Waals surface area contributed by atoms with Crippen molar-refractivity contribution >= 4 is 38.9 Å². The first-order valence-corrected chi connectivity index (χ1v) is 9.95. The molecule has 7 nitrogen and oxygen atoms in total. The lowest BCUT2D eigenvalue weighted by Gasteiger charge is -2.28. The second-order valence-corrected chi connectivity index (χ2v) is 8.86. The number of hydrogen-bond donors (Lipinski definition) is 0. The molecule has 0 atom stereocenters. The Balaban J connectivity index is 1.74. The predicted molar refractivity (Wildman–Crippen MR) is 94.2 cm³/mol. The number of fused-ring (bicyclic) bond motifs is 1. The highest BCUT2D eigenvalue weighted by Gasteiger charge is 2.31. The van der Waals surface area contributed by atoms with Crippen LogP contribution in [-0.4, -0.2) is 49.8 Å². The number of rotatable bonds is 4. The molecular formula is C16H16N2O5S2. The van der Waals surface area contributed by atoms with E-state index >= 15 is 0 Å². The van der Waals surface area contributed by atoms with E-state index in [0.29, 0.717) is 5.56 Å². The van der Waals surface area contributed by atoms with Crippen molar-refractivity contribution in [3.05, 3.63) is 45.3 Å². The summed E-state index contributed by atoms with van der Waals surface area (Å²) in [6, 6.07) is 1.76. The molecule has 0 saturated carbocycles. The number of ether oxygens (including phenoxy) is 1. The molecule has 0 saturated heterocycles. The van der Waals surface area contributed by atoms with Gasteiger partial charge in [0.15, 0.2) is 12.4 Å². The summed E-state index contributed by atoms with van der Waals surface area (Å²) in [5.74, 6) is -1.15. The topological polar surface area (TPSA) is 93.1 Å². The van der Waals surface area contributed by atoms with Crippen LogP contribution in [0.3, 0.4) is 0 Å². The molecular weight excluding hydrogens is 364 g/mol. The molecule has 1 aromatic rings. The maximum Gasteiger partial charge on any atom is 0.342 e. The second-order valence-electron chi connectivity index (χ2n) is 5.64. The molecule has 0 fully saturated rings. The van der Waals surface area contributed by atoms with Crippen molar-refractivity contribution in [2.75, 3.05) is 18.9 Å². The average Bonchev–Trinajstić information content (AvgIpc) is 2.89. The summed E-state index contributed by atoms with van der Waals surface area (Å²) in [5.41, 5.74) is 0.559. The van der Waals surface area contributed by atoms with Crippen LogP contribution in [0, 0.1) is 13.8 Å². The van der Waals surface area contributed by atoms with E-state index < -0.39 is 22.6 Å². The summed E-state index contributed by atoms with van der Waals surface area (Å²) in [6.07, 6.45) is 4.69. The summed E-state index contributed by atoms with van der Waals surface area (Å²) in [4.78, 5) is 28.0. The van der Waals surface area contributed by atoms with E-state index in [-0.39, 0.29) is 29.5 Å². The van der Waals surface area contributed by atoms with E-state index in [1.807, 2.05) is 13.8 Å². The molecule has 3 rings (SSSR count). The summed E-state index contributed by atoms with van der Waals surface area (Å²) < 4.78 is 32.1. The molecule has 2 aliphatic heterocycles. The molecule has 25 heavy (non-hydrogen) atoms. The predicted octanol–water partition coefficient (Wildman–Crippen LogP) is 1.59. The first-order valence-electron chi connectivity index (χ1n) is 7.52. The van der Waals surface area contributed by atoms with Crippen LogP contribution in [0.2, 0.25) is 0 Å². The molecule has 0 aliphatic carbocycles. The quantitative estimate of drug-likeness (QED) is 0.582. The number of aryl methyl sites for hydroxylation is 2. The van der Waals surface area contributed by atoms with Crippen LogP contribution in [0.4, 0.5) is 0 Å². The normalized spacial score (nSPS) is 18.2. The van der Waals surface area contributed by atoms with E-state index in [1.54, 1.807) is 23.2 Å². The fraction of sp³-hybridized carbons (Fsp3) is 0.312. The minimum atomic E-state index is -3.60. The maximum atomic E-state index is 12.3. The third kappa shape index (κ3) is 3.72. The lowest BCUT2D eigenvalue weighted by molar-refractivity contribution is -0.137. The number of allylic oxidation sites excluding steroid dienone is 2. The molecule has 132 valence electrons. The second kappa shape index (κ2) is 6.57. The van der Waals surface area contributed by atoms with Gasteiger partial charge in [-0.1, -0.05) is 0 Å². The van der Waals surface area contributed by atoms with Crippen molar-refractivity contribution in [2.45, 2.75) is 13.8 Å². The van der Waals surface area contributed by atoms with Gasteiger partial charge >= 0.3 is 5.97 Å². The Labute approximate surface area is 149 Å². The molecule has 0 N–H and O–H groups in total. The lowest BCUT2D eigenvalue weighted by Crippen LogP contribution is -2.40. The van der Waals surface area contributed by atoms with Crippen molar-refractivity contribution in [1.82, 2.24) is 4.90 Å². The van der Waals surface area contributed by atoms with Crippen molar-refractivity contribution in [2.24, 2.45) is 4.40 Å². The van der Waals surface area contributed by atoms with Gasteiger partial charge in [-0.05, 0) is 32.1 Å². The Kier molecular flexibility index (Phi) is 4.61. The number of esters is 1. The Morgan fingerprint density at radius 2 is 2.12 bits per heavy atom. The van der Waals surface area contributed by atoms with Crippen LogP contribution in [0.5, 0.6) is 0 Å². The molecule has 0 aromatic carbocycles. The Morgan fingerprint density at radius 3 is 2.80 bits per heavy atom. The minimum absolute atomic E-state index is 0.0248. The number of hydrogen-bond acceptors (Lipinski definition) is 7. The molecule has 1 aromatic heterocycles. The van der Waals surface area contributed by atoms with Crippen LogP contribution >= 0.6 is 11.3 Å². The van der Waals surface area contributed by atoms with E-state index in [2.05, 4.69) is 4.40 Å². The third-order valence-electron chi connectivity index (χ3n) is 3.75.